The van der Waals surface area contributed by atoms with Crippen molar-refractivity contribution in [3.05, 3.63) is 24.3 Å². The molecule has 358 valence electrons. The third kappa shape index (κ3) is 43.2. The minimum Gasteiger partial charge on any atom is -0.462 e. The summed E-state index contributed by atoms with van der Waals surface area (Å²) < 4.78 is 32.7. The minimum atomic E-state index is -4.65. The molecule has 0 aromatic carbocycles. The number of hydrogen-bond acceptors (Lipinski definition) is 10. The second-order valence-corrected chi connectivity index (χ2v) is 18.6. The molecular weight excluding hydrogens is 796 g/mol. The number of allylic oxidation sites excluding steroid dienone is 4. The van der Waals surface area contributed by atoms with Gasteiger partial charge in [0.2, 0.25) is 0 Å². The SMILES string of the molecule is CCCCC/C=C\C=C\C(=O)CCCCCCCC(=O)OC[C@H](COP(=O)(O)OC[C@@H](O)CO)OC(=O)CCCCCCCCCCCCCCCCCCCCC(C)CC. The molecule has 0 rings (SSSR count). The third-order valence-electron chi connectivity index (χ3n) is 11.1. The monoisotopic (exact) mass is 887 g/mol. The van der Waals surface area contributed by atoms with E-state index in [1.165, 1.54) is 122 Å². The van der Waals surface area contributed by atoms with Gasteiger partial charge in [0.1, 0.15) is 12.7 Å². The fourth-order valence-corrected chi connectivity index (χ4v) is 7.68. The maximum Gasteiger partial charge on any atom is 0.472 e. The summed E-state index contributed by atoms with van der Waals surface area (Å²) in [5.41, 5.74) is 0. The van der Waals surface area contributed by atoms with Crippen LogP contribution in [0.25, 0.3) is 0 Å². The van der Waals surface area contributed by atoms with Crippen molar-refractivity contribution in [2.75, 3.05) is 26.4 Å². The highest BCUT2D eigenvalue weighted by Crippen LogP contribution is 2.43. The van der Waals surface area contributed by atoms with Crippen molar-refractivity contribution in [2.45, 2.75) is 238 Å². The van der Waals surface area contributed by atoms with Crippen LogP contribution >= 0.6 is 7.82 Å². The van der Waals surface area contributed by atoms with Gasteiger partial charge >= 0.3 is 19.8 Å². The lowest BCUT2D eigenvalue weighted by Gasteiger charge is -2.20. The van der Waals surface area contributed by atoms with Crippen molar-refractivity contribution >= 4 is 25.5 Å². The fraction of sp³-hybridized carbons (Fsp3) is 0.857. The molecule has 0 aromatic rings. The Morgan fingerprint density at radius 2 is 1.07 bits per heavy atom. The van der Waals surface area contributed by atoms with Gasteiger partial charge in [-0.1, -0.05) is 193 Å². The smallest absolute Gasteiger partial charge is 0.462 e. The fourth-order valence-electron chi connectivity index (χ4n) is 6.89. The number of carbonyl (C=O) groups is 3. The Labute approximate surface area is 372 Å². The lowest BCUT2D eigenvalue weighted by molar-refractivity contribution is -0.161. The Morgan fingerprint density at radius 3 is 1.57 bits per heavy atom. The molecule has 0 heterocycles. The number of unbranched alkanes of at least 4 members (excludes halogenated alkanes) is 24. The first-order valence-corrected chi connectivity index (χ1v) is 26.1. The quantitative estimate of drug-likeness (QED) is 0.0175. The van der Waals surface area contributed by atoms with Crippen molar-refractivity contribution in [2.24, 2.45) is 5.92 Å². The number of carbonyl (C=O) groups excluding carboxylic acids is 3. The summed E-state index contributed by atoms with van der Waals surface area (Å²) in [6, 6.07) is 0. The zero-order valence-corrected chi connectivity index (χ0v) is 39.9. The first-order chi connectivity index (χ1) is 29.5. The van der Waals surface area contributed by atoms with Crippen molar-refractivity contribution in [3.8, 4) is 0 Å². The van der Waals surface area contributed by atoms with E-state index in [1.807, 2.05) is 12.2 Å². The van der Waals surface area contributed by atoms with Gasteiger partial charge in [0.05, 0.1) is 19.8 Å². The molecule has 0 aliphatic heterocycles. The van der Waals surface area contributed by atoms with Crippen LogP contribution in [0.5, 0.6) is 0 Å². The number of ketones is 1. The number of aliphatic hydroxyl groups is 2. The normalized spacial score (nSPS) is 14.3. The van der Waals surface area contributed by atoms with Crippen molar-refractivity contribution in [1.82, 2.24) is 0 Å². The van der Waals surface area contributed by atoms with Crippen LogP contribution in [0.2, 0.25) is 0 Å². The molecule has 4 atom stereocenters. The van der Waals surface area contributed by atoms with Gasteiger partial charge in [0.25, 0.3) is 0 Å². The number of ether oxygens (including phenoxy) is 2. The summed E-state index contributed by atoms with van der Waals surface area (Å²) in [4.78, 5) is 47.1. The minimum absolute atomic E-state index is 0.110. The largest absolute Gasteiger partial charge is 0.472 e. The van der Waals surface area contributed by atoms with Crippen LogP contribution in [0.4, 0.5) is 0 Å². The van der Waals surface area contributed by atoms with Crippen LogP contribution in [0, 0.1) is 5.92 Å². The average molecular weight is 887 g/mol. The van der Waals surface area contributed by atoms with Crippen LogP contribution in [-0.2, 0) is 37.5 Å². The Morgan fingerprint density at radius 1 is 0.590 bits per heavy atom. The van der Waals surface area contributed by atoms with Gasteiger partial charge in [-0.3, -0.25) is 23.4 Å². The number of phosphoric acid groups is 1. The molecule has 0 spiro atoms. The molecule has 0 amide bonds. The van der Waals surface area contributed by atoms with E-state index in [0.717, 1.165) is 57.3 Å². The molecule has 12 heteroatoms. The van der Waals surface area contributed by atoms with Gasteiger partial charge in [-0.05, 0) is 44.1 Å². The maximum atomic E-state index is 12.7. The summed E-state index contributed by atoms with van der Waals surface area (Å²) in [6.07, 6.45) is 39.6. The zero-order valence-electron chi connectivity index (χ0n) is 39.1. The lowest BCUT2D eigenvalue weighted by Crippen LogP contribution is -2.29. The van der Waals surface area contributed by atoms with Crippen LogP contribution in [0.1, 0.15) is 226 Å². The Hall–Kier alpha value is -1.88. The van der Waals surface area contributed by atoms with Gasteiger partial charge in [0.15, 0.2) is 11.9 Å². The number of aliphatic hydroxyl groups excluding tert-OH is 2. The van der Waals surface area contributed by atoms with Crippen molar-refractivity contribution in [1.29, 1.82) is 0 Å². The van der Waals surface area contributed by atoms with E-state index in [0.29, 0.717) is 19.3 Å². The molecule has 2 unspecified atom stereocenters. The maximum absolute atomic E-state index is 12.7. The first kappa shape index (κ1) is 59.1. The number of phosphoric ester groups is 1. The molecule has 3 N–H and O–H groups in total. The van der Waals surface area contributed by atoms with Gasteiger partial charge in [-0.2, -0.15) is 0 Å². The molecule has 0 aromatic heterocycles. The van der Waals surface area contributed by atoms with E-state index in [-0.39, 0.29) is 25.2 Å². The summed E-state index contributed by atoms with van der Waals surface area (Å²) in [5.74, 6) is -0.00988. The summed E-state index contributed by atoms with van der Waals surface area (Å²) in [6.45, 7) is 4.61. The predicted octanol–water partition coefficient (Wildman–Crippen LogP) is 12.8. The van der Waals surface area contributed by atoms with Crippen LogP contribution in [-0.4, -0.2) is 71.5 Å². The van der Waals surface area contributed by atoms with E-state index < -0.39 is 51.8 Å². The van der Waals surface area contributed by atoms with E-state index in [9.17, 15) is 28.9 Å². The second-order valence-electron chi connectivity index (χ2n) is 17.1. The lowest BCUT2D eigenvalue weighted by atomic mass is 9.99. The third-order valence-corrected chi connectivity index (χ3v) is 12.1. The van der Waals surface area contributed by atoms with Gasteiger partial charge in [-0.25, -0.2) is 4.57 Å². The molecule has 0 saturated heterocycles. The van der Waals surface area contributed by atoms with E-state index in [2.05, 4.69) is 26.8 Å². The average Bonchev–Trinajstić information content (AvgIpc) is 3.24. The number of esters is 2. The topological polar surface area (TPSA) is 166 Å². The van der Waals surface area contributed by atoms with Gasteiger partial charge in [-0.15, -0.1) is 0 Å². The van der Waals surface area contributed by atoms with Crippen LogP contribution in [0.3, 0.4) is 0 Å². The summed E-state index contributed by atoms with van der Waals surface area (Å²) in [5, 5.41) is 18.4. The molecule has 0 radical (unpaired) electrons. The molecule has 0 aliphatic carbocycles. The van der Waals surface area contributed by atoms with E-state index in [1.54, 1.807) is 6.08 Å². The van der Waals surface area contributed by atoms with Crippen molar-refractivity contribution < 1.29 is 52.6 Å². The van der Waals surface area contributed by atoms with E-state index >= 15 is 0 Å². The highest BCUT2D eigenvalue weighted by atomic mass is 31.2. The van der Waals surface area contributed by atoms with Gasteiger partial charge in [0, 0.05) is 19.3 Å². The molecule has 0 fully saturated rings. The Balaban J connectivity index is 4.23. The highest BCUT2D eigenvalue weighted by Gasteiger charge is 2.27. The highest BCUT2D eigenvalue weighted by molar-refractivity contribution is 7.47. The molecule has 0 aliphatic rings. The summed E-state index contributed by atoms with van der Waals surface area (Å²) >= 11 is 0. The second kappa shape index (κ2) is 43.4. The number of hydrogen-bond donors (Lipinski definition) is 3. The van der Waals surface area contributed by atoms with Crippen LogP contribution in [0.15, 0.2) is 24.3 Å². The first-order valence-electron chi connectivity index (χ1n) is 24.6. The van der Waals surface area contributed by atoms with E-state index in [4.69, 9.17) is 23.6 Å². The standard InChI is InChI=1S/C49H91O11P/c1-4-6-7-8-21-26-31-36-45(51)37-32-27-24-29-33-38-48(53)57-42-47(43-59-61(55,56)58-41-46(52)40-50)60-49(54)39-34-28-23-20-18-16-14-12-10-9-11-13-15-17-19-22-25-30-35-44(3)5-2/h21,26,31,36,44,46-47,50,52H,4-20,22-25,27-30,32-35,37-43H2,1-3H3,(H,55,56)/b26-21-,36-31+/t44?,46-,47+/m0/s1. The Bertz CT molecular complexity index is 1140. The molecule has 11 nitrogen and oxygen atoms in total. The Kier molecular flexibility index (Phi) is 42.0. The molecule has 0 saturated carbocycles. The summed E-state index contributed by atoms with van der Waals surface area (Å²) in [7, 11) is -4.65. The predicted molar refractivity (Wildman–Crippen MR) is 247 cm³/mol. The molecular formula is C49H91O11P. The number of rotatable bonds is 46. The van der Waals surface area contributed by atoms with Crippen molar-refractivity contribution in [3.63, 3.8) is 0 Å². The zero-order chi connectivity index (χ0) is 45.1. The van der Waals surface area contributed by atoms with Crippen LogP contribution < -0.4 is 0 Å². The molecule has 61 heavy (non-hydrogen) atoms. The van der Waals surface area contributed by atoms with Gasteiger partial charge < -0.3 is 24.6 Å². The molecule has 0 bridgehead atoms.